The number of nitrogens with zero attached hydrogens (tertiary/aromatic N) is 3. The van der Waals surface area contributed by atoms with Crippen LogP contribution < -0.4 is 10.2 Å². The van der Waals surface area contributed by atoms with Crippen LogP contribution >= 0.6 is 11.6 Å². The van der Waals surface area contributed by atoms with Crippen molar-refractivity contribution in [3.05, 3.63) is 29.4 Å². The molecule has 1 aromatic carbocycles. The van der Waals surface area contributed by atoms with Crippen LogP contribution in [0.5, 0.6) is 0 Å². The van der Waals surface area contributed by atoms with Gasteiger partial charge in [0.25, 0.3) is 0 Å². The summed E-state index contributed by atoms with van der Waals surface area (Å²) in [4.78, 5) is 22.2. The number of carbonyl (C=O) groups excluding carboxylic acids is 1. The fraction of sp³-hybridized carbons (Fsp3) is 0.615. The van der Waals surface area contributed by atoms with E-state index in [1.807, 2.05) is 12.1 Å². The minimum atomic E-state index is 0.0731. The second kappa shape index (κ2) is 9.48. The van der Waals surface area contributed by atoms with Gasteiger partial charge >= 0.3 is 0 Å². The molecule has 1 spiro atoms. The topological polar surface area (TPSA) is 76.2 Å². The molecule has 1 aliphatic carbocycles. The van der Waals surface area contributed by atoms with Crippen LogP contribution in [-0.4, -0.2) is 87.7 Å². The van der Waals surface area contributed by atoms with Crippen LogP contribution in [0.15, 0.2) is 24.4 Å². The Labute approximate surface area is 210 Å². The first-order valence-corrected chi connectivity index (χ1v) is 13.0. The van der Waals surface area contributed by atoms with Crippen molar-refractivity contribution in [2.75, 3.05) is 69.9 Å². The van der Waals surface area contributed by atoms with Gasteiger partial charge in [-0.05, 0) is 48.3 Å². The van der Waals surface area contributed by atoms with Gasteiger partial charge in [0.05, 0.1) is 36.1 Å². The molecule has 8 nitrogen and oxygen atoms in total. The number of pyridine rings is 1. The predicted molar refractivity (Wildman–Crippen MR) is 135 cm³/mol. The average molecular weight is 501 g/mol. The van der Waals surface area contributed by atoms with E-state index in [9.17, 15) is 4.79 Å². The Balaban J connectivity index is 1.14. The number of aromatic nitrogens is 1. The minimum absolute atomic E-state index is 0.0731. The highest BCUT2D eigenvalue weighted by Gasteiger charge is 2.58. The van der Waals surface area contributed by atoms with Crippen molar-refractivity contribution in [3.8, 4) is 0 Å². The minimum Gasteiger partial charge on any atom is -0.381 e. The van der Waals surface area contributed by atoms with Gasteiger partial charge in [0.15, 0.2) is 0 Å². The lowest BCUT2D eigenvalue weighted by atomic mass is 9.93. The first-order valence-electron chi connectivity index (χ1n) is 12.6. The molecule has 0 bridgehead atoms. The molecule has 6 rings (SSSR count). The SMILES string of the molecule is CO[C@@H]1COC[C@@H]1N1CCN(c2cc3cc(NC(=O)[C@H]4CC45CCOCC5)ncc3cc2Cl)CC1. The van der Waals surface area contributed by atoms with Crippen molar-refractivity contribution in [3.63, 3.8) is 0 Å². The number of carbonyl (C=O) groups is 1. The molecule has 4 aliphatic rings. The predicted octanol–water partition coefficient (Wildman–Crippen LogP) is 3.18. The molecule has 4 heterocycles. The molecular formula is C26H33ClN4O4. The lowest BCUT2D eigenvalue weighted by Crippen LogP contribution is -2.54. The van der Waals surface area contributed by atoms with E-state index in [0.717, 1.165) is 86.7 Å². The second-order valence-electron chi connectivity index (χ2n) is 10.3. The number of anilines is 2. The summed E-state index contributed by atoms with van der Waals surface area (Å²) in [5.41, 5.74) is 1.17. The van der Waals surface area contributed by atoms with Gasteiger partial charge in [0, 0.05) is 64.0 Å². The number of amides is 1. The van der Waals surface area contributed by atoms with E-state index in [1.165, 1.54) is 0 Å². The number of methoxy groups -OCH3 is 1. The zero-order chi connectivity index (χ0) is 24.0. The van der Waals surface area contributed by atoms with Crippen LogP contribution in [0.25, 0.3) is 10.8 Å². The highest BCUT2D eigenvalue weighted by Crippen LogP contribution is 2.59. The van der Waals surface area contributed by atoms with Crippen LogP contribution in [0, 0.1) is 11.3 Å². The molecule has 4 fully saturated rings. The highest BCUT2D eigenvalue weighted by atomic mass is 35.5. The summed E-state index contributed by atoms with van der Waals surface area (Å²) in [6.07, 6.45) is 4.85. The lowest BCUT2D eigenvalue weighted by molar-refractivity contribution is -0.118. The molecule has 188 valence electrons. The van der Waals surface area contributed by atoms with Gasteiger partial charge in [0.2, 0.25) is 5.91 Å². The van der Waals surface area contributed by atoms with Crippen molar-refractivity contribution in [1.29, 1.82) is 0 Å². The van der Waals surface area contributed by atoms with E-state index < -0.39 is 0 Å². The van der Waals surface area contributed by atoms with E-state index >= 15 is 0 Å². The van der Waals surface area contributed by atoms with E-state index in [-0.39, 0.29) is 23.3 Å². The standard InChI is InChI=1S/C26H33ClN4O4/c1-33-23-16-35-15-22(23)31-6-4-30(5-7-31)21-11-17-12-24(28-14-18(17)10-20(21)27)29-25(32)19-13-26(19)2-8-34-9-3-26/h10-12,14,19,22-23H,2-9,13,15-16H2,1H3,(H,28,29,32)/t19-,22+,23-/m1/s1. The number of benzene rings is 1. The van der Waals surface area contributed by atoms with Crippen molar-refractivity contribution in [2.45, 2.75) is 31.4 Å². The summed E-state index contributed by atoms with van der Waals surface area (Å²) in [5, 5.41) is 5.78. The molecule has 0 radical (unpaired) electrons. The fourth-order valence-corrected chi connectivity index (χ4v) is 6.40. The molecule has 3 aliphatic heterocycles. The maximum atomic E-state index is 12.9. The van der Waals surface area contributed by atoms with Crippen LogP contribution in [0.4, 0.5) is 11.5 Å². The Hall–Kier alpha value is -1.97. The molecule has 0 unspecified atom stereocenters. The number of piperazine rings is 1. The summed E-state index contributed by atoms with van der Waals surface area (Å²) in [7, 11) is 1.76. The summed E-state index contributed by atoms with van der Waals surface area (Å²) in [5.74, 6) is 0.750. The van der Waals surface area contributed by atoms with Gasteiger partial charge in [-0.2, -0.15) is 0 Å². The second-order valence-corrected chi connectivity index (χ2v) is 10.8. The Morgan fingerprint density at radius 2 is 1.91 bits per heavy atom. The highest BCUT2D eigenvalue weighted by molar-refractivity contribution is 6.34. The van der Waals surface area contributed by atoms with Crippen LogP contribution in [0.1, 0.15) is 19.3 Å². The number of hydrogen-bond acceptors (Lipinski definition) is 7. The Bertz CT molecular complexity index is 1100. The van der Waals surface area contributed by atoms with E-state index in [4.69, 9.17) is 25.8 Å². The zero-order valence-corrected chi connectivity index (χ0v) is 20.9. The molecular weight excluding hydrogens is 468 g/mol. The fourth-order valence-electron chi connectivity index (χ4n) is 6.11. The quantitative estimate of drug-likeness (QED) is 0.675. The molecule has 3 saturated heterocycles. The Morgan fingerprint density at radius 3 is 2.69 bits per heavy atom. The van der Waals surface area contributed by atoms with Crippen molar-refractivity contribution in [2.24, 2.45) is 11.3 Å². The first-order chi connectivity index (χ1) is 17.1. The van der Waals surface area contributed by atoms with Gasteiger partial charge in [-0.3, -0.25) is 9.69 Å². The largest absolute Gasteiger partial charge is 0.381 e. The summed E-state index contributed by atoms with van der Waals surface area (Å²) in [6, 6.07) is 6.37. The number of ether oxygens (including phenoxy) is 3. The molecule has 9 heteroatoms. The van der Waals surface area contributed by atoms with Crippen molar-refractivity contribution in [1.82, 2.24) is 9.88 Å². The molecule has 3 atom stereocenters. The van der Waals surface area contributed by atoms with Crippen molar-refractivity contribution < 1.29 is 19.0 Å². The zero-order valence-electron chi connectivity index (χ0n) is 20.2. The normalized spacial score (nSPS) is 28.5. The number of hydrogen-bond donors (Lipinski definition) is 1. The van der Waals surface area contributed by atoms with Gasteiger partial charge in [-0.1, -0.05) is 11.6 Å². The monoisotopic (exact) mass is 500 g/mol. The van der Waals surface area contributed by atoms with Crippen LogP contribution in [-0.2, 0) is 19.0 Å². The van der Waals surface area contributed by atoms with Gasteiger partial charge in [0.1, 0.15) is 5.82 Å². The molecule has 35 heavy (non-hydrogen) atoms. The third-order valence-electron chi connectivity index (χ3n) is 8.46. The molecule has 1 amide bonds. The van der Waals surface area contributed by atoms with Crippen LogP contribution in [0.3, 0.4) is 0 Å². The number of fused-ring (bicyclic) bond motifs is 1. The van der Waals surface area contributed by atoms with E-state index in [2.05, 4.69) is 26.2 Å². The Morgan fingerprint density at radius 1 is 1.11 bits per heavy atom. The smallest absolute Gasteiger partial charge is 0.229 e. The number of halogens is 1. The van der Waals surface area contributed by atoms with Crippen molar-refractivity contribution >= 4 is 39.8 Å². The third-order valence-corrected chi connectivity index (χ3v) is 8.76. The van der Waals surface area contributed by atoms with Gasteiger partial charge in [-0.15, -0.1) is 0 Å². The third kappa shape index (κ3) is 4.51. The lowest BCUT2D eigenvalue weighted by Gasteiger charge is -2.40. The van der Waals surface area contributed by atoms with Gasteiger partial charge < -0.3 is 24.4 Å². The number of nitrogens with one attached hydrogen (secondary N) is 1. The average Bonchev–Trinajstić information content (AvgIpc) is 3.34. The summed E-state index contributed by atoms with van der Waals surface area (Å²) in [6.45, 7) is 6.57. The van der Waals surface area contributed by atoms with Crippen LogP contribution in [0.2, 0.25) is 5.02 Å². The molecule has 1 aromatic heterocycles. The molecule has 1 saturated carbocycles. The molecule has 2 aromatic rings. The maximum absolute atomic E-state index is 12.9. The Kier molecular flexibility index (Phi) is 6.35. The molecule has 1 N–H and O–H groups in total. The van der Waals surface area contributed by atoms with E-state index in [1.54, 1.807) is 13.3 Å². The van der Waals surface area contributed by atoms with E-state index in [0.29, 0.717) is 18.5 Å². The van der Waals surface area contributed by atoms with Gasteiger partial charge in [-0.25, -0.2) is 4.98 Å². The maximum Gasteiger partial charge on any atom is 0.229 e. The number of rotatable bonds is 5. The first kappa shape index (κ1) is 23.4. The summed E-state index contributed by atoms with van der Waals surface area (Å²) < 4.78 is 16.7. The summed E-state index contributed by atoms with van der Waals surface area (Å²) >= 11 is 6.70.